The maximum absolute atomic E-state index is 11.2. The lowest BCUT2D eigenvalue weighted by Crippen LogP contribution is -2.13. The average Bonchev–Trinajstić information content (AvgIpc) is 2.47. The molecular formula is C9H10N2O2. The van der Waals surface area contributed by atoms with E-state index in [4.69, 9.17) is 10.00 Å². The molecule has 0 aliphatic carbocycles. The van der Waals surface area contributed by atoms with Crippen molar-refractivity contribution in [1.82, 2.24) is 4.57 Å². The third kappa shape index (κ3) is 1.70. The number of carbonyl (C=O) groups is 1. The van der Waals surface area contributed by atoms with Gasteiger partial charge in [-0.3, -0.25) is 4.57 Å². The summed E-state index contributed by atoms with van der Waals surface area (Å²) in [6.07, 6.45) is 1.09. The van der Waals surface area contributed by atoms with Gasteiger partial charge in [0.2, 0.25) is 0 Å². The lowest BCUT2D eigenvalue weighted by atomic mass is 10.3. The highest BCUT2D eigenvalue weighted by atomic mass is 16.5. The van der Waals surface area contributed by atoms with Crippen molar-refractivity contribution in [3.05, 3.63) is 23.5 Å². The van der Waals surface area contributed by atoms with Gasteiger partial charge in [-0.05, 0) is 19.9 Å². The van der Waals surface area contributed by atoms with Crippen LogP contribution in [0.15, 0.2) is 12.3 Å². The van der Waals surface area contributed by atoms with Crippen molar-refractivity contribution in [2.75, 3.05) is 6.61 Å². The van der Waals surface area contributed by atoms with Crippen molar-refractivity contribution >= 4 is 6.09 Å². The first-order chi connectivity index (χ1) is 6.20. The van der Waals surface area contributed by atoms with Crippen LogP contribution in [0, 0.1) is 18.3 Å². The molecule has 1 rings (SSSR count). The van der Waals surface area contributed by atoms with Crippen LogP contribution in [0.3, 0.4) is 0 Å². The standard InChI is InChI=1S/C9H10N2O2/c1-3-13-9(12)11-5-4-8(6-10)7(11)2/h4-5H,3H2,1-2H3. The Kier molecular flexibility index (Phi) is 2.70. The molecule has 0 saturated carbocycles. The Balaban J connectivity index is 2.97. The summed E-state index contributed by atoms with van der Waals surface area (Å²) < 4.78 is 6.10. The van der Waals surface area contributed by atoms with E-state index in [0.29, 0.717) is 17.9 Å². The molecule has 0 unspecified atom stereocenters. The number of nitrogens with zero attached hydrogens (tertiary/aromatic N) is 2. The summed E-state index contributed by atoms with van der Waals surface area (Å²) in [5.74, 6) is 0. The molecule has 0 aromatic carbocycles. The van der Waals surface area contributed by atoms with Gasteiger partial charge in [0.1, 0.15) is 6.07 Å². The summed E-state index contributed by atoms with van der Waals surface area (Å²) in [4.78, 5) is 11.2. The SMILES string of the molecule is CCOC(=O)n1ccc(C#N)c1C. The second kappa shape index (κ2) is 3.76. The zero-order chi connectivity index (χ0) is 9.84. The number of hydrogen-bond donors (Lipinski definition) is 0. The van der Waals surface area contributed by atoms with E-state index >= 15 is 0 Å². The molecule has 4 heteroatoms. The van der Waals surface area contributed by atoms with Crippen LogP contribution in [0.5, 0.6) is 0 Å². The van der Waals surface area contributed by atoms with E-state index in [9.17, 15) is 4.79 Å². The highest BCUT2D eigenvalue weighted by Gasteiger charge is 2.10. The van der Waals surface area contributed by atoms with Gasteiger partial charge in [0.25, 0.3) is 0 Å². The van der Waals surface area contributed by atoms with Crippen LogP contribution in [0.4, 0.5) is 4.79 Å². The minimum Gasteiger partial charge on any atom is -0.449 e. The summed E-state index contributed by atoms with van der Waals surface area (Å²) in [6, 6.07) is 3.57. The van der Waals surface area contributed by atoms with E-state index in [-0.39, 0.29) is 0 Å². The van der Waals surface area contributed by atoms with Crippen LogP contribution in [-0.4, -0.2) is 17.3 Å². The highest BCUT2D eigenvalue weighted by molar-refractivity contribution is 5.72. The summed E-state index contributed by atoms with van der Waals surface area (Å²) in [7, 11) is 0. The van der Waals surface area contributed by atoms with Gasteiger partial charge in [0, 0.05) is 11.9 Å². The van der Waals surface area contributed by atoms with Crippen LogP contribution in [0.2, 0.25) is 0 Å². The minimum absolute atomic E-state index is 0.332. The largest absolute Gasteiger partial charge is 0.449 e. The van der Waals surface area contributed by atoms with E-state index in [1.807, 2.05) is 6.07 Å². The second-order valence-corrected chi connectivity index (χ2v) is 2.50. The zero-order valence-corrected chi connectivity index (χ0v) is 7.57. The smallest absolute Gasteiger partial charge is 0.418 e. The fraction of sp³-hybridized carbons (Fsp3) is 0.333. The zero-order valence-electron chi connectivity index (χ0n) is 7.57. The van der Waals surface area contributed by atoms with Crippen molar-refractivity contribution in [1.29, 1.82) is 5.26 Å². The maximum atomic E-state index is 11.2. The highest BCUT2D eigenvalue weighted by Crippen LogP contribution is 2.08. The summed E-state index contributed by atoms with van der Waals surface area (Å²) >= 11 is 0. The molecule has 0 saturated heterocycles. The van der Waals surface area contributed by atoms with Crippen molar-refractivity contribution in [3.8, 4) is 6.07 Å². The molecule has 1 heterocycles. The quantitative estimate of drug-likeness (QED) is 0.657. The Bertz CT molecular complexity index is 360. The molecule has 0 aliphatic heterocycles. The van der Waals surface area contributed by atoms with Crippen molar-refractivity contribution < 1.29 is 9.53 Å². The summed E-state index contributed by atoms with van der Waals surface area (Å²) in [6.45, 7) is 3.77. The van der Waals surface area contributed by atoms with Crippen LogP contribution in [0.1, 0.15) is 18.2 Å². The molecule has 1 aromatic rings. The van der Waals surface area contributed by atoms with Gasteiger partial charge in [-0.2, -0.15) is 5.26 Å². The molecule has 0 N–H and O–H groups in total. The molecule has 0 spiro atoms. The molecule has 0 amide bonds. The van der Waals surface area contributed by atoms with E-state index in [1.54, 1.807) is 19.9 Å². The first kappa shape index (κ1) is 9.33. The Labute approximate surface area is 76.3 Å². The van der Waals surface area contributed by atoms with Crippen molar-refractivity contribution in [2.45, 2.75) is 13.8 Å². The van der Waals surface area contributed by atoms with Gasteiger partial charge < -0.3 is 4.74 Å². The lowest BCUT2D eigenvalue weighted by Gasteiger charge is -2.03. The summed E-state index contributed by atoms with van der Waals surface area (Å²) in [5, 5.41) is 8.63. The Morgan fingerprint density at radius 2 is 2.46 bits per heavy atom. The second-order valence-electron chi connectivity index (χ2n) is 2.50. The third-order valence-corrected chi connectivity index (χ3v) is 1.73. The topological polar surface area (TPSA) is 55.0 Å². The molecule has 4 nitrogen and oxygen atoms in total. The number of carbonyl (C=O) groups excluding carboxylic acids is 1. The first-order valence-corrected chi connectivity index (χ1v) is 3.96. The lowest BCUT2D eigenvalue weighted by molar-refractivity contribution is 0.153. The van der Waals surface area contributed by atoms with E-state index in [1.165, 1.54) is 10.8 Å². The fourth-order valence-electron chi connectivity index (χ4n) is 1.02. The number of hydrogen-bond acceptors (Lipinski definition) is 3. The van der Waals surface area contributed by atoms with Crippen LogP contribution >= 0.6 is 0 Å². The van der Waals surface area contributed by atoms with E-state index < -0.39 is 6.09 Å². The molecule has 1 aromatic heterocycles. The molecule has 0 bridgehead atoms. The Hall–Kier alpha value is -1.76. The van der Waals surface area contributed by atoms with Gasteiger partial charge in [-0.25, -0.2) is 4.79 Å². The molecular weight excluding hydrogens is 168 g/mol. The van der Waals surface area contributed by atoms with Gasteiger partial charge in [0.05, 0.1) is 12.2 Å². The van der Waals surface area contributed by atoms with Gasteiger partial charge >= 0.3 is 6.09 Å². The Morgan fingerprint density at radius 1 is 1.77 bits per heavy atom. The fourth-order valence-corrected chi connectivity index (χ4v) is 1.02. The predicted molar refractivity (Wildman–Crippen MR) is 46.3 cm³/mol. The summed E-state index contributed by atoms with van der Waals surface area (Å²) in [5.41, 5.74) is 1.11. The van der Waals surface area contributed by atoms with Gasteiger partial charge in [-0.15, -0.1) is 0 Å². The third-order valence-electron chi connectivity index (χ3n) is 1.73. The minimum atomic E-state index is -0.443. The van der Waals surface area contributed by atoms with Crippen molar-refractivity contribution in [2.24, 2.45) is 0 Å². The number of aromatic nitrogens is 1. The van der Waals surface area contributed by atoms with Crippen LogP contribution in [-0.2, 0) is 4.74 Å². The van der Waals surface area contributed by atoms with Gasteiger partial charge in [0.15, 0.2) is 0 Å². The molecule has 68 valence electrons. The molecule has 0 atom stereocenters. The Morgan fingerprint density at radius 3 is 2.92 bits per heavy atom. The number of rotatable bonds is 1. The number of nitriles is 1. The van der Waals surface area contributed by atoms with Crippen molar-refractivity contribution in [3.63, 3.8) is 0 Å². The number of ether oxygens (including phenoxy) is 1. The monoisotopic (exact) mass is 178 g/mol. The molecule has 0 fully saturated rings. The van der Waals surface area contributed by atoms with E-state index in [2.05, 4.69) is 0 Å². The van der Waals surface area contributed by atoms with Gasteiger partial charge in [-0.1, -0.05) is 0 Å². The normalized spacial score (nSPS) is 9.31. The maximum Gasteiger partial charge on any atom is 0.418 e. The van der Waals surface area contributed by atoms with E-state index in [0.717, 1.165) is 0 Å². The first-order valence-electron chi connectivity index (χ1n) is 3.96. The molecule has 0 radical (unpaired) electrons. The van der Waals surface area contributed by atoms with Crippen LogP contribution in [0.25, 0.3) is 0 Å². The predicted octanol–water partition coefficient (Wildman–Crippen LogP) is 1.67. The average molecular weight is 178 g/mol. The molecule has 13 heavy (non-hydrogen) atoms. The van der Waals surface area contributed by atoms with Crippen LogP contribution < -0.4 is 0 Å². The molecule has 0 aliphatic rings.